The van der Waals surface area contributed by atoms with Crippen LogP contribution in [0.1, 0.15) is 12.5 Å². The zero-order valence-corrected chi connectivity index (χ0v) is 19.3. The maximum Gasteiger partial charge on any atom is 0.273 e. The highest BCUT2D eigenvalue weighted by Crippen LogP contribution is 2.25. The van der Waals surface area contributed by atoms with Crippen molar-refractivity contribution in [2.45, 2.75) is 23.6 Å². The summed E-state index contributed by atoms with van der Waals surface area (Å²) >= 11 is 0. The molecule has 0 bridgehead atoms. The Hall–Kier alpha value is -3.64. The molecule has 0 aliphatic carbocycles. The van der Waals surface area contributed by atoms with Gasteiger partial charge in [-0.1, -0.05) is 6.07 Å². The molecule has 3 aromatic rings. The third-order valence-electron chi connectivity index (χ3n) is 4.52. The normalized spacial score (nSPS) is 11.6. The van der Waals surface area contributed by atoms with E-state index < -0.39 is 25.0 Å². The summed E-state index contributed by atoms with van der Waals surface area (Å²) in [6.07, 6.45) is 0. The molecule has 0 aromatic heterocycles. The highest BCUT2D eigenvalue weighted by Gasteiger charge is 2.21. The number of nitro benzene ring substituents is 1. The average molecular weight is 492 g/mol. The highest BCUT2D eigenvalue weighted by atomic mass is 32.2. The second kappa shape index (κ2) is 9.46. The lowest BCUT2D eigenvalue weighted by Gasteiger charge is -2.11. The monoisotopic (exact) mass is 491 g/mol. The van der Waals surface area contributed by atoms with Gasteiger partial charge in [0.05, 0.1) is 21.3 Å². The summed E-state index contributed by atoms with van der Waals surface area (Å²) in [6, 6.07) is 15.0. The molecule has 174 valence electrons. The third kappa shape index (κ3) is 5.79. The molecule has 2 N–H and O–H groups in total. The first-order valence-electron chi connectivity index (χ1n) is 9.65. The molecule has 0 radical (unpaired) electrons. The van der Waals surface area contributed by atoms with Crippen LogP contribution >= 0.6 is 0 Å². The fraction of sp³-hybridized carbons (Fsp3) is 0.143. The first kappa shape index (κ1) is 24.0. The van der Waals surface area contributed by atoms with Gasteiger partial charge in [0.1, 0.15) is 5.75 Å². The molecule has 0 aliphatic rings. The molecule has 0 saturated carbocycles. The number of sulfonamides is 2. The minimum atomic E-state index is -4.12. The number of benzene rings is 3. The minimum absolute atomic E-state index is 0.0784. The first-order valence-corrected chi connectivity index (χ1v) is 12.6. The van der Waals surface area contributed by atoms with Gasteiger partial charge in [-0.25, -0.2) is 16.8 Å². The largest absolute Gasteiger partial charge is 0.494 e. The van der Waals surface area contributed by atoms with Crippen molar-refractivity contribution in [1.82, 2.24) is 0 Å². The molecule has 0 atom stereocenters. The van der Waals surface area contributed by atoms with Crippen molar-refractivity contribution >= 4 is 37.1 Å². The van der Waals surface area contributed by atoms with Gasteiger partial charge < -0.3 is 4.74 Å². The van der Waals surface area contributed by atoms with Crippen LogP contribution in [-0.2, 0) is 20.0 Å². The van der Waals surface area contributed by atoms with Crippen LogP contribution < -0.4 is 14.2 Å². The van der Waals surface area contributed by atoms with Gasteiger partial charge in [0.15, 0.2) is 0 Å². The van der Waals surface area contributed by atoms with Gasteiger partial charge >= 0.3 is 0 Å². The zero-order chi connectivity index (χ0) is 24.2. The van der Waals surface area contributed by atoms with Crippen molar-refractivity contribution in [3.8, 4) is 5.75 Å². The molecule has 0 amide bonds. The molecular weight excluding hydrogens is 470 g/mol. The lowest BCUT2D eigenvalue weighted by molar-refractivity contribution is -0.385. The Balaban J connectivity index is 1.76. The third-order valence-corrected chi connectivity index (χ3v) is 7.30. The summed E-state index contributed by atoms with van der Waals surface area (Å²) in [6.45, 7) is 3.83. The van der Waals surface area contributed by atoms with Crippen molar-refractivity contribution in [3.63, 3.8) is 0 Å². The average Bonchev–Trinajstić information content (AvgIpc) is 2.75. The summed E-state index contributed by atoms with van der Waals surface area (Å²) in [5, 5.41) is 11.1. The number of nitro groups is 1. The van der Waals surface area contributed by atoms with Crippen molar-refractivity contribution in [2.24, 2.45) is 0 Å². The van der Waals surface area contributed by atoms with Gasteiger partial charge in [0.25, 0.3) is 25.7 Å². The molecular formula is C21H21N3O7S2. The lowest BCUT2D eigenvalue weighted by atomic mass is 10.2. The quantitative estimate of drug-likeness (QED) is 0.341. The highest BCUT2D eigenvalue weighted by molar-refractivity contribution is 7.93. The van der Waals surface area contributed by atoms with Crippen LogP contribution in [0.4, 0.5) is 17.1 Å². The number of ether oxygens (including phenoxy) is 1. The van der Waals surface area contributed by atoms with E-state index in [0.29, 0.717) is 23.6 Å². The van der Waals surface area contributed by atoms with E-state index in [9.17, 15) is 26.9 Å². The predicted molar refractivity (Wildman–Crippen MR) is 124 cm³/mol. The van der Waals surface area contributed by atoms with Crippen LogP contribution in [0, 0.1) is 17.0 Å². The van der Waals surface area contributed by atoms with E-state index in [1.54, 1.807) is 24.3 Å². The van der Waals surface area contributed by atoms with Crippen molar-refractivity contribution in [2.75, 3.05) is 16.1 Å². The standard InChI is InChI=1S/C21H21N3O7S2/c1-3-31-18-9-5-16(6-10-18)22-32(27,28)19-12-7-17(8-13-19)23-33(29,30)20-11-4-15(2)21(14-20)24(25)26/h4-14,22-23H,3H2,1-2H3. The van der Waals surface area contributed by atoms with Crippen molar-refractivity contribution in [3.05, 3.63) is 82.4 Å². The Labute approximate surface area is 191 Å². The van der Waals surface area contributed by atoms with Crippen LogP contribution in [0.3, 0.4) is 0 Å². The zero-order valence-electron chi connectivity index (χ0n) is 17.7. The Morgan fingerprint density at radius 2 is 1.30 bits per heavy atom. The Morgan fingerprint density at radius 1 is 0.818 bits per heavy atom. The molecule has 0 aliphatic heterocycles. The fourth-order valence-corrected chi connectivity index (χ4v) is 5.01. The van der Waals surface area contributed by atoms with Crippen LogP contribution in [0.5, 0.6) is 5.75 Å². The smallest absolute Gasteiger partial charge is 0.273 e. The van der Waals surface area contributed by atoms with E-state index in [0.717, 1.165) is 6.07 Å². The van der Waals surface area contributed by atoms with E-state index in [4.69, 9.17) is 4.74 Å². The van der Waals surface area contributed by atoms with E-state index >= 15 is 0 Å². The minimum Gasteiger partial charge on any atom is -0.494 e. The molecule has 0 saturated heterocycles. The molecule has 10 nitrogen and oxygen atoms in total. The molecule has 12 heteroatoms. The maximum atomic E-state index is 12.6. The van der Waals surface area contributed by atoms with Crippen molar-refractivity contribution in [1.29, 1.82) is 0 Å². The molecule has 33 heavy (non-hydrogen) atoms. The van der Waals surface area contributed by atoms with Gasteiger partial charge in [0, 0.05) is 23.0 Å². The molecule has 0 fully saturated rings. The van der Waals surface area contributed by atoms with E-state index in [2.05, 4.69) is 9.44 Å². The van der Waals surface area contributed by atoms with Gasteiger partial charge in [-0.15, -0.1) is 0 Å². The summed E-state index contributed by atoms with van der Waals surface area (Å²) in [4.78, 5) is 10.1. The van der Waals surface area contributed by atoms with Gasteiger partial charge in [-0.3, -0.25) is 19.6 Å². The fourth-order valence-electron chi connectivity index (χ4n) is 2.87. The number of aryl methyl sites for hydroxylation is 1. The Morgan fingerprint density at radius 3 is 1.82 bits per heavy atom. The van der Waals surface area contributed by atoms with Gasteiger partial charge in [-0.05, 0) is 68.4 Å². The topological polar surface area (TPSA) is 145 Å². The van der Waals surface area contributed by atoms with E-state index in [1.165, 1.54) is 43.3 Å². The predicted octanol–water partition coefficient (Wildman–Crippen LogP) is 3.90. The summed E-state index contributed by atoms with van der Waals surface area (Å²) in [5.74, 6) is 0.607. The molecule has 0 unspecified atom stereocenters. The molecule has 0 heterocycles. The Kier molecular flexibility index (Phi) is 6.89. The number of nitrogens with one attached hydrogen (secondary N) is 2. The first-order chi connectivity index (χ1) is 15.5. The molecule has 3 rings (SSSR count). The second-order valence-corrected chi connectivity index (χ2v) is 10.3. The number of hydrogen-bond donors (Lipinski definition) is 2. The molecule has 0 spiro atoms. The van der Waals surface area contributed by atoms with E-state index in [1.807, 2.05) is 6.92 Å². The van der Waals surface area contributed by atoms with Crippen LogP contribution in [0.25, 0.3) is 0 Å². The van der Waals surface area contributed by atoms with Crippen LogP contribution in [0.15, 0.2) is 76.5 Å². The Bertz CT molecular complexity index is 1370. The summed E-state index contributed by atoms with van der Waals surface area (Å²) < 4.78 is 60.5. The van der Waals surface area contributed by atoms with Gasteiger partial charge in [0.2, 0.25) is 0 Å². The molecule has 3 aromatic carbocycles. The number of nitrogens with zero attached hydrogens (tertiary/aromatic N) is 1. The maximum absolute atomic E-state index is 12.6. The second-order valence-electron chi connectivity index (χ2n) is 6.90. The lowest BCUT2D eigenvalue weighted by Crippen LogP contribution is -2.15. The van der Waals surface area contributed by atoms with Gasteiger partial charge in [-0.2, -0.15) is 0 Å². The van der Waals surface area contributed by atoms with Crippen LogP contribution in [-0.4, -0.2) is 28.4 Å². The SMILES string of the molecule is CCOc1ccc(NS(=O)(=O)c2ccc(NS(=O)(=O)c3ccc(C)c([N+](=O)[O-])c3)cc2)cc1. The summed E-state index contributed by atoms with van der Waals surface area (Å²) in [5.41, 5.74) is 0.440. The number of hydrogen-bond acceptors (Lipinski definition) is 7. The van der Waals surface area contributed by atoms with Crippen LogP contribution in [0.2, 0.25) is 0 Å². The number of anilines is 2. The van der Waals surface area contributed by atoms with E-state index in [-0.39, 0.29) is 21.2 Å². The summed E-state index contributed by atoms with van der Waals surface area (Å²) in [7, 11) is -8.04. The number of rotatable bonds is 9. The van der Waals surface area contributed by atoms with Crippen molar-refractivity contribution < 1.29 is 26.5 Å².